The van der Waals surface area contributed by atoms with Crippen molar-refractivity contribution in [2.24, 2.45) is 0 Å². The molecule has 1 aliphatic heterocycles. The van der Waals surface area contributed by atoms with Gasteiger partial charge in [0.15, 0.2) is 6.10 Å². The molecular weight excluding hydrogens is 304 g/mol. The molecule has 0 saturated carbocycles. The predicted octanol–water partition coefficient (Wildman–Crippen LogP) is 2.96. The molecule has 118 valence electrons. The fourth-order valence-electron chi connectivity index (χ4n) is 2.84. The number of carbonyl (C=O) groups is 2. The highest BCUT2D eigenvalue weighted by atomic mass is 16.5. The Kier molecular flexibility index (Phi) is 3.46. The minimum absolute atomic E-state index is 0.352. The van der Waals surface area contributed by atoms with E-state index in [-0.39, 0.29) is 5.91 Å². The number of pyridine rings is 1. The van der Waals surface area contributed by atoms with Crippen LogP contribution in [-0.2, 0) is 16.0 Å². The maximum Gasteiger partial charge on any atom is 0.339 e. The van der Waals surface area contributed by atoms with E-state index in [4.69, 9.17) is 4.74 Å². The summed E-state index contributed by atoms with van der Waals surface area (Å²) < 4.78 is 5.26. The number of para-hydroxylation sites is 1. The summed E-state index contributed by atoms with van der Waals surface area (Å²) in [4.78, 5) is 28.8. The van der Waals surface area contributed by atoms with Gasteiger partial charge in [-0.1, -0.05) is 36.4 Å². The van der Waals surface area contributed by atoms with Crippen LogP contribution in [0, 0.1) is 0 Å². The fraction of sp³-hybridized carbons (Fsp3) is 0.105. The Morgan fingerprint density at radius 2 is 1.92 bits per heavy atom. The van der Waals surface area contributed by atoms with E-state index in [9.17, 15) is 9.59 Å². The minimum Gasteiger partial charge on any atom is -0.448 e. The second-order valence-electron chi connectivity index (χ2n) is 5.66. The third-order valence-electron chi connectivity index (χ3n) is 4.04. The van der Waals surface area contributed by atoms with Gasteiger partial charge in [-0.2, -0.15) is 0 Å². The van der Waals surface area contributed by atoms with Gasteiger partial charge in [-0.05, 0) is 23.8 Å². The van der Waals surface area contributed by atoms with Crippen LogP contribution in [0.15, 0.2) is 60.8 Å². The maximum atomic E-state index is 12.4. The summed E-state index contributed by atoms with van der Waals surface area (Å²) in [6, 6.07) is 16.7. The topological polar surface area (TPSA) is 68.3 Å². The number of amides is 1. The van der Waals surface area contributed by atoms with Crippen LogP contribution in [0.25, 0.3) is 10.9 Å². The van der Waals surface area contributed by atoms with Gasteiger partial charge in [-0.15, -0.1) is 0 Å². The number of aromatic nitrogens is 1. The Bertz CT molecular complexity index is 952. The Labute approximate surface area is 138 Å². The van der Waals surface area contributed by atoms with Gasteiger partial charge in [0.25, 0.3) is 5.91 Å². The molecule has 4 rings (SSSR count). The van der Waals surface area contributed by atoms with E-state index in [2.05, 4.69) is 10.3 Å². The van der Waals surface area contributed by atoms with E-state index in [0.29, 0.717) is 17.7 Å². The van der Waals surface area contributed by atoms with Gasteiger partial charge in [0.05, 0.1) is 23.0 Å². The van der Waals surface area contributed by atoms with Crippen molar-refractivity contribution in [3.63, 3.8) is 0 Å². The first-order valence-electron chi connectivity index (χ1n) is 7.65. The summed E-state index contributed by atoms with van der Waals surface area (Å²) in [6.45, 7) is 0. The molecule has 1 atom stereocenters. The zero-order chi connectivity index (χ0) is 16.5. The third kappa shape index (κ3) is 2.60. The van der Waals surface area contributed by atoms with Gasteiger partial charge in [0.2, 0.25) is 0 Å². The number of hydrogen-bond acceptors (Lipinski definition) is 4. The van der Waals surface area contributed by atoms with Crippen molar-refractivity contribution in [2.75, 3.05) is 5.32 Å². The first-order chi connectivity index (χ1) is 11.7. The van der Waals surface area contributed by atoms with Gasteiger partial charge in [-0.3, -0.25) is 9.78 Å². The number of ether oxygens (including phenoxy) is 1. The molecule has 0 saturated heterocycles. The average Bonchev–Trinajstić information content (AvgIpc) is 2.61. The average molecular weight is 318 g/mol. The van der Waals surface area contributed by atoms with Crippen molar-refractivity contribution < 1.29 is 14.3 Å². The van der Waals surface area contributed by atoms with Gasteiger partial charge in [0.1, 0.15) is 0 Å². The van der Waals surface area contributed by atoms with Gasteiger partial charge >= 0.3 is 5.97 Å². The molecule has 0 bridgehead atoms. The molecule has 24 heavy (non-hydrogen) atoms. The molecule has 1 aliphatic rings. The van der Waals surface area contributed by atoms with Crippen LogP contribution in [0.4, 0.5) is 5.69 Å². The fourth-order valence-corrected chi connectivity index (χ4v) is 2.84. The number of anilines is 1. The Balaban J connectivity index is 1.55. The standard InChI is InChI=1S/C19H14N2O3/c22-18(17-10-12-5-1-3-7-15(12)19(23)24-17)21-14-9-13-6-2-4-8-16(13)20-11-14/h1-9,11,17H,10H2,(H,21,22). The molecule has 1 amide bonds. The highest BCUT2D eigenvalue weighted by molar-refractivity contribution is 6.00. The van der Waals surface area contributed by atoms with E-state index in [1.54, 1.807) is 18.3 Å². The first-order valence-corrected chi connectivity index (χ1v) is 7.65. The number of rotatable bonds is 2. The lowest BCUT2D eigenvalue weighted by Crippen LogP contribution is -2.37. The van der Waals surface area contributed by atoms with Gasteiger partial charge in [0, 0.05) is 11.8 Å². The maximum absolute atomic E-state index is 12.4. The van der Waals surface area contributed by atoms with Crippen LogP contribution in [0.3, 0.4) is 0 Å². The van der Waals surface area contributed by atoms with Crippen molar-refractivity contribution >= 4 is 28.5 Å². The monoisotopic (exact) mass is 318 g/mol. The van der Waals surface area contributed by atoms with Crippen LogP contribution in [0.2, 0.25) is 0 Å². The number of nitrogens with one attached hydrogen (secondary N) is 1. The molecule has 5 nitrogen and oxygen atoms in total. The number of esters is 1. The summed E-state index contributed by atoms with van der Waals surface area (Å²) in [5.74, 6) is -0.816. The molecule has 0 aliphatic carbocycles. The number of cyclic esters (lactones) is 1. The van der Waals surface area contributed by atoms with Crippen molar-refractivity contribution in [3.05, 3.63) is 71.9 Å². The number of benzene rings is 2. The largest absolute Gasteiger partial charge is 0.448 e. The number of carbonyl (C=O) groups excluding carboxylic acids is 2. The molecule has 1 unspecified atom stereocenters. The minimum atomic E-state index is -0.834. The highest BCUT2D eigenvalue weighted by Gasteiger charge is 2.31. The molecule has 0 fully saturated rings. The van der Waals surface area contributed by atoms with Gasteiger partial charge < -0.3 is 10.1 Å². The van der Waals surface area contributed by atoms with Crippen molar-refractivity contribution in [3.8, 4) is 0 Å². The van der Waals surface area contributed by atoms with Crippen LogP contribution >= 0.6 is 0 Å². The summed E-state index contributed by atoms with van der Waals surface area (Å²) in [6.07, 6.45) is 1.13. The van der Waals surface area contributed by atoms with Crippen molar-refractivity contribution in [1.82, 2.24) is 4.98 Å². The normalized spacial score (nSPS) is 16.3. The van der Waals surface area contributed by atoms with Crippen LogP contribution in [0.1, 0.15) is 15.9 Å². The zero-order valence-electron chi connectivity index (χ0n) is 12.7. The Morgan fingerprint density at radius 3 is 2.83 bits per heavy atom. The summed E-state index contributed by atoms with van der Waals surface area (Å²) in [5, 5.41) is 3.71. The molecule has 2 heterocycles. The molecular formula is C19H14N2O3. The number of nitrogens with zero attached hydrogens (tertiary/aromatic N) is 1. The second kappa shape index (κ2) is 5.77. The summed E-state index contributed by atoms with van der Waals surface area (Å²) >= 11 is 0. The third-order valence-corrected chi connectivity index (χ3v) is 4.04. The lowest BCUT2D eigenvalue weighted by Gasteiger charge is -2.23. The molecule has 0 spiro atoms. The molecule has 0 radical (unpaired) electrons. The Hall–Kier alpha value is -3.21. The number of fused-ring (bicyclic) bond motifs is 2. The summed E-state index contributed by atoms with van der Waals surface area (Å²) in [7, 11) is 0. The molecule has 1 N–H and O–H groups in total. The predicted molar refractivity (Wildman–Crippen MR) is 89.7 cm³/mol. The second-order valence-corrected chi connectivity index (χ2v) is 5.66. The lowest BCUT2D eigenvalue weighted by molar-refractivity contribution is -0.125. The van der Waals surface area contributed by atoms with E-state index >= 15 is 0 Å². The van der Waals surface area contributed by atoms with E-state index in [1.165, 1.54) is 0 Å². The lowest BCUT2D eigenvalue weighted by atomic mass is 9.98. The first kappa shape index (κ1) is 14.4. The van der Waals surface area contributed by atoms with E-state index < -0.39 is 12.1 Å². The molecule has 1 aromatic heterocycles. The zero-order valence-corrected chi connectivity index (χ0v) is 12.7. The number of hydrogen-bond donors (Lipinski definition) is 1. The van der Waals surface area contributed by atoms with Crippen LogP contribution in [0.5, 0.6) is 0 Å². The van der Waals surface area contributed by atoms with Crippen LogP contribution < -0.4 is 5.32 Å². The molecule has 5 heteroatoms. The van der Waals surface area contributed by atoms with E-state index in [1.807, 2.05) is 42.5 Å². The SMILES string of the molecule is O=C1OC(C(=O)Nc2cnc3ccccc3c2)Cc2ccccc21. The quantitative estimate of drug-likeness (QED) is 0.738. The van der Waals surface area contributed by atoms with Crippen molar-refractivity contribution in [2.45, 2.75) is 12.5 Å². The van der Waals surface area contributed by atoms with Gasteiger partial charge in [-0.25, -0.2) is 4.79 Å². The molecule has 2 aromatic carbocycles. The van der Waals surface area contributed by atoms with Crippen molar-refractivity contribution in [1.29, 1.82) is 0 Å². The Morgan fingerprint density at radius 1 is 1.12 bits per heavy atom. The summed E-state index contributed by atoms with van der Waals surface area (Å²) in [5.41, 5.74) is 2.78. The van der Waals surface area contributed by atoms with Crippen LogP contribution in [-0.4, -0.2) is 23.0 Å². The molecule has 3 aromatic rings. The highest BCUT2D eigenvalue weighted by Crippen LogP contribution is 2.22. The smallest absolute Gasteiger partial charge is 0.339 e. The van der Waals surface area contributed by atoms with E-state index in [0.717, 1.165) is 16.5 Å².